The van der Waals surface area contributed by atoms with Crippen molar-refractivity contribution >= 4 is 11.9 Å². The third-order valence-electron chi connectivity index (χ3n) is 3.73. The minimum Gasteiger partial charge on any atom is -0.481 e. The first-order chi connectivity index (χ1) is 11.1. The Morgan fingerprint density at radius 1 is 1.30 bits per heavy atom. The summed E-state index contributed by atoms with van der Waals surface area (Å²) in [7, 11) is 0. The first kappa shape index (κ1) is 15.2. The standard InChI is InChI=1S/C16H16N2O5/c19-13(20)8-16(6-7-22-10-16)18-14(21)12-9-23-15(17-12)11-4-2-1-3-5-11/h1-5,9H,6-8,10H2,(H,18,21)(H,19,20). The van der Waals surface area contributed by atoms with E-state index in [4.69, 9.17) is 14.3 Å². The lowest BCUT2D eigenvalue weighted by Gasteiger charge is -2.26. The van der Waals surface area contributed by atoms with Gasteiger partial charge in [0, 0.05) is 12.2 Å². The van der Waals surface area contributed by atoms with Crippen LogP contribution >= 0.6 is 0 Å². The number of benzene rings is 1. The number of oxazole rings is 1. The maximum absolute atomic E-state index is 12.3. The highest BCUT2D eigenvalue weighted by Gasteiger charge is 2.39. The van der Waals surface area contributed by atoms with Gasteiger partial charge >= 0.3 is 5.97 Å². The van der Waals surface area contributed by atoms with Crippen LogP contribution in [0.3, 0.4) is 0 Å². The smallest absolute Gasteiger partial charge is 0.305 e. The largest absolute Gasteiger partial charge is 0.481 e. The van der Waals surface area contributed by atoms with E-state index in [0.717, 1.165) is 5.56 Å². The Balaban J connectivity index is 1.76. The van der Waals surface area contributed by atoms with Crippen LogP contribution in [0.4, 0.5) is 0 Å². The molecule has 1 aliphatic heterocycles. The van der Waals surface area contributed by atoms with Gasteiger partial charge in [-0.25, -0.2) is 4.98 Å². The molecule has 2 N–H and O–H groups in total. The average molecular weight is 316 g/mol. The Hall–Kier alpha value is -2.67. The number of aliphatic carboxylic acids is 1. The first-order valence-corrected chi connectivity index (χ1v) is 7.21. The zero-order chi connectivity index (χ0) is 16.3. The lowest BCUT2D eigenvalue weighted by molar-refractivity contribution is -0.138. The molecule has 3 rings (SSSR count). The fourth-order valence-corrected chi connectivity index (χ4v) is 2.58. The van der Waals surface area contributed by atoms with E-state index < -0.39 is 17.4 Å². The molecular weight excluding hydrogens is 300 g/mol. The number of nitrogens with one attached hydrogen (secondary N) is 1. The summed E-state index contributed by atoms with van der Waals surface area (Å²) >= 11 is 0. The number of hydrogen-bond donors (Lipinski definition) is 2. The van der Waals surface area contributed by atoms with Crippen LogP contribution in [0.5, 0.6) is 0 Å². The highest BCUT2D eigenvalue weighted by molar-refractivity contribution is 5.93. The van der Waals surface area contributed by atoms with Crippen molar-refractivity contribution in [3.63, 3.8) is 0 Å². The molecule has 2 heterocycles. The molecule has 0 radical (unpaired) electrons. The number of carbonyl (C=O) groups excluding carboxylic acids is 1. The zero-order valence-corrected chi connectivity index (χ0v) is 12.3. The van der Waals surface area contributed by atoms with E-state index in [9.17, 15) is 9.59 Å². The maximum Gasteiger partial charge on any atom is 0.305 e. The van der Waals surface area contributed by atoms with Gasteiger partial charge in [-0.1, -0.05) is 18.2 Å². The minimum absolute atomic E-state index is 0.112. The highest BCUT2D eigenvalue weighted by Crippen LogP contribution is 2.24. The second-order valence-corrected chi connectivity index (χ2v) is 5.51. The van der Waals surface area contributed by atoms with E-state index in [1.54, 1.807) is 0 Å². The molecule has 1 aromatic heterocycles. The van der Waals surface area contributed by atoms with Crippen molar-refractivity contribution in [2.24, 2.45) is 0 Å². The molecule has 1 atom stereocenters. The van der Waals surface area contributed by atoms with E-state index in [1.165, 1.54) is 6.26 Å². The van der Waals surface area contributed by atoms with Gasteiger partial charge in [0.05, 0.1) is 18.6 Å². The molecule has 0 spiro atoms. The number of hydrogen-bond acceptors (Lipinski definition) is 5. The number of aromatic nitrogens is 1. The van der Waals surface area contributed by atoms with Crippen molar-refractivity contribution in [1.82, 2.24) is 10.3 Å². The highest BCUT2D eigenvalue weighted by atomic mass is 16.5. The number of nitrogens with zero attached hydrogens (tertiary/aromatic N) is 1. The molecule has 0 bridgehead atoms. The summed E-state index contributed by atoms with van der Waals surface area (Å²) in [6.45, 7) is 0.593. The Morgan fingerprint density at radius 2 is 2.09 bits per heavy atom. The minimum atomic E-state index is -0.985. The van der Waals surface area contributed by atoms with E-state index in [0.29, 0.717) is 18.9 Å². The predicted octanol–water partition coefficient (Wildman–Crippen LogP) is 1.71. The summed E-state index contributed by atoms with van der Waals surface area (Å²) < 4.78 is 10.6. The van der Waals surface area contributed by atoms with Crippen LogP contribution in [-0.4, -0.2) is 40.7 Å². The molecule has 23 heavy (non-hydrogen) atoms. The predicted molar refractivity (Wildman–Crippen MR) is 79.8 cm³/mol. The lowest BCUT2D eigenvalue weighted by atomic mass is 9.94. The van der Waals surface area contributed by atoms with Crippen molar-refractivity contribution in [2.75, 3.05) is 13.2 Å². The van der Waals surface area contributed by atoms with E-state index >= 15 is 0 Å². The fourth-order valence-electron chi connectivity index (χ4n) is 2.58. The van der Waals surface area contributed by atoms with E-state index in [1.807, 2.05) is 30.3 Å². The number of ether oxygens (including phenoxy) is 1. The molecule has 7 nitrogen and oxygen atoms in total. The third-order valence-corrected chi connectivity index (χ3v) is 3.73. The monoisotopic (exact) mass is 316 g/mol. The lowest BCUT2D eigenvalue weighted by Crippen LogP contribution is -2.50. The molecule has 1 fully saturated rings. The normalized spacial score (nSPS) is 20.3. The van der Waals surface area contributed by atoms with Crippen LogP contribution in [0.25, 0.3) is 11.5 Å². The van der Waals surface area contributed by atoms with Crippen molar-refractivity contribution in [3.8, 4) is 11.5 Å². The fraction of sp³-hybridized carbons (Fsp3) is 0.312. The van der Waals surface area contributed by atoms with Gasteiger partial charge in [0.2, 0.25) is 5.89 Å². The first-order valence-electron chi connectivity index (χ1n) is 7.21. The number of rotatable bonds is 5. The summed E-state index contributed by atoms with van der Waals surface area (Å²) in [4.78, 5) is 27.5. The van der Waals surface area contributed by atoms with Gasteiger partial charge in [0.25, 0.3) is 5.91 Å². The Morgan fingerprint density at radius 3 is 2.74 bits per heavy atom. The van der Waals surface area contributed by atoms with Crippen molar-refractivity contribution in [2.45, 2.75) is 18.4 Å². The quantitative estimate of drug-likeness (QED) is 0.870. The summed E-state index contributed by atoms with van der Waals surface area (Å²) in [5, 5.41) is 11.8. The Bertz CT molecular complexity index is 704. The molecule has 1 aromatic carbocycles. The van der Waals surface area contributed by atoms with Gasteiger partial charge in [-0.2, -0.15) is 0 Å². The molecule has 0 saturated carbocycles. The molecule has 2 aromatic rings. The molecule has 0 aliphatic carbocycles. The van der Waals surface area contributed by atoms with Gasteiger partial charge in [0.1, 0.15) is 6.26 Å². The van der Waals surface area contributed by atoms with Gasteiger partial charge in [-0.15, -0.1) is 0 Å². The maximum atomic E-state index is 12.3. The van der Waals surface area contributed by atoms with Gasteiger partial charge < -0.3 is 19.6 Å². The Kier molecular flexibility index (Phi) is 4.12. The number of carboxylic acid groups (broad SMARTS) is 1. The molecule has 1 unspecified atom stereocenters. The summed E-state index contributed by atoms with van der Waals surface area (Å²) in [6.07, 6.45) is 1.53. The van der Waals surface area contributed by atoms with Crippen LogP contribution in [0.15, 0.2) is 41.0 Å². The average Bonchev–Trinajstić information content (AvgIpc) is 3.17. The van der Waals surface area contributed by atoms with Crippen molar-refractivity contribution in [1.29, 1.82) is 0 Å². The van der Waals surface area contributed by atoms with Crippen molar-refractivity contribution in [3.05, 3.63) is 42.3 Å². The van der Waals surface area contributed by atoms with Crippen LogP contribution < -0.4 is 5.32 Å². The van der Waals surface area contributed by atoms with E-state index in [-0.39, 0.29) is 18.7 Å². The summed E-state index contributed by atoms with van der Waals surface area (Å²) in [5.41, 5.74) is -0.0223. The molecule has 120 valence electrons. The molecule has 7 heteroatoms. The molecule has 1 amide bonds. The summed E-state index contributed by atoms with van der Waals surface area (Å²) in [5.74, 6) is -1.12. The van der Waals surface area contributed by atoms with Gasteiger partial charge in [0.15, 0.2) is 5.69 Å². The topological polar surface area (TPSA) is 102 Å². The summed E-state index contributed by atoms with van der Waals surface area (Å²) in [6, 6.07) is 9.21. The second kappa shape index (κ2) is 6.21. The number of carboxylic acids is 1. The van der Waals surface area contributed by atoms with Crippen molar-refractivity contribution < 1.29 is 23.8 Å². The van der Waals surface area contributed by atoms with Crippen LogP contribution in [0.2, 0.25) is 0 Å². The van der Waals surface area contributed by atoms with Crippen LogP contribution in [0.1, 0.15) is 23.3 Å². The number of amides is 1. The van der Waals surface area contributed by atoms with Crippen LogP contribution in [0, 0.1) is 0 Å². The van der Waals surface area contributed by atoms with Gasteiger partial charge in [-0.05, 0) is 18.6 Å². The van der Waals surface area contributed by atoms with E-state index in [2.05, 4.69) is 10.3 Å². The molecule has 1 saturated heterocycles. The SMILES string of the molecule is O=C(O)CC1(NC(=O)c2coc(-c3ccccc3)n2)CCOC1. The zero-order valence-electron chi connectivity index (χ0n) is 12.3. The van der Waals surface area contributed by atoms with Gasteiger partial charge in [-0.3, -0.25) is 9.59 Å². The molecule has 1 aliphatic rings. The van der Waals surface area contributed by atoms with Crippen LogP contribution in [-0.2, 0) is 9.53 Å². The number of carbonyl (C=O) groups is 2. The Labute approximate surface area is 132 Å². The third kappa shape index (κ3) is 3.40. The molecular formula is C16H16N2O5. The second-order valence-electron chi connectivity index (χ2n) is 5.51.